The minimum atomic E-state index is -0.890. The Balaban J connectivity index is 1.47. The zero-order valence-electron chi connectivity index (χ0n) is 26.2. The lowest BCUT2D eigenvalue weighted by molar-refractivity contribution is -0.149. The molecule has 0 spiro atoms. The maximum atomic E-state index is 13.2. The van der Waals surface area contributed by atoms with E-state index in [0.29, 0.717) is 41.0 Å². The largest absolute Gasteiger partial charge is 0.458 e. The van der Waals surface area contributed by atoms with Crippen LogP contribution in [0.2, 0.25) is 0 Å². The molecule has 0 radical (unpaired) electrons. The molecule has 1 heterocycles. The van der Waals surface area contributed by atoms with Crippen molar-refractivity contribution in [2.24, 2.45) is 0 Å². The van der Waals surface area contributed by atoms with Crippen LogP contribution in [0.1, 0.15) is 45.0 Å². The Morgan fingerprint density at radius 2 is 1.13 bits per heavy atom. The molecule has 0 unspecified atom stereocenters. The van der Waals surface area contributed by atoms with Crippen LogP contribution in [0.4, 0.5) is 0 Å². The smallest absolute Gasteiger partial charge is 0.329 e. The molecule has 0 aliphatic heterocycles. The molecule has 0 aliphatic rings. The highest BCUT2D eigenvalue weighted by Crippen LogP contribution is 2.24. The average molecular weight is 676 g/mol. The Bertz CT molecular complexity index is 1500. The van der Waals surface area contributed by atoms with Crippen molar-refractivity contribution in [1.29, 1.82) is 0 Å². The van der Waals surface area contributed by atoms with Gasteiger partial charge in [-0.3, -0.25) is 9.59 Å². The monoisotopic (exact) mass is 675 g/mol. The molecule has 246 valence electrons. The number of ether oxygens (including phenoxy) is 2. The predicted molar refractivity (Wildman–Crippen MR) is 183 cm³/mol. The lowest BCUT2D eigenvalue weighted by atomic mass is 10.1. The third kappa shape index (κ3) is 10.8. The second-order valence-corrected chi connectivity index (χ2v) is 12.3. The molecule has 3 aromatic carbocycles. The van der Waals surface area contributed by atoms with Crippen molar-refractivity contribution in [2.75, 3.05) is 24.0 Å². The fraction of sp³-hybridized carbons (Fsp3) is 0.286. The van der Waals surface area contributed by atoms with E-state index < -0.39 is 24.0 Å². The summed E-state index contributed by atoms with van der Waals surface area (Å²) < 4.78 is 17.3. The number of hydrogen-bond donors (Lipinski definition) is 2. The quantitative estimate of drug-likeness (QED) is 0.138. The van der Waals surface area contributed by atoms with E-state index in [1.807, 2.05) is 42.8 Å². The number of nitrogens with one attached hydrogen (secondary N) is 2. The molecule has 10 nitrogen and oxygen atoms in total. The van der Waals surface area contributed by atoms with Gasteiger partial charge in [0.15, 0.2) is 12.4 Å². The third-order valence-electron chi connectivity index (χ3n) is 6.97. The molecule has 1 aromatic heterocycles. The van der Waals surface area contributed by atoms with Crippen molar-refractivity contribution >= 4 is 47.3 Å². The van der Waals surface area contributed by atoms with Crippen LogP contribution in [0.25, 0.3) is 11.5 Å². The van der Waals surface area contributed by atoms with Crippen molar-refractivity contribution in [1.82, 2.24) is 15.6 Å². The summed E-state index contributed by atoms with van der Waals surface area (Å²) in [6.07, 6.45) is 4.55. The van der Waals surface area contributed by atoms with Crippen LogP contribution in [0, 0.1) is 0 Å². The molecule has 0 saturated heterocycles. The average Bonchev–Trinajstić information content (AvgIpc) is 3.53. The minimum absolute atomic E-state index is 0.192. The summed E-state index contributed by atoms with van der Waals surface area (Å²) in [5, 5.41) is 5.54. The van der Waals surface area contributed by atoms with Gasteiger partial charge in [-0.1, -0.05) is 54.6 Å². The molecular formula is C35H37N3O7S2. The number of benzene rings is 3. The van der Waals surface area contributed by atoms with Gasteiger partial charge in [0.25, 0.3) is 11.8 Å². The van der Waals surface area contributed by atoms with E-state index in [9.17, 15) is 19.2 Å². The molecule has 2 N–H and O–H groups in total. The van der Waals surface area contributed by atoms with Crippen LogP contribution in [0.3, 0.4) is 0 Å². The Kier molecular flexibility index (Phi) is 13.9. The number of nitrogens with zero attached hydrogens (tertiary/aromatic N) is 1. The fourth-order valence-corrected chi connectivity index (χ4v) is 5.36. The molecule has 0 fully saturated rings. The lowest BCUT2D eigenvalue weighted by Gasteiger charge is -2.18. The normalized spacial score (nSPS) is 12.0. The van der Waals surface area contributed by atoms with Gasteiger partial charge >= 0.3 is 11.9 Å². The van der Waals surface area contributed by atoms with E-state index in [1.165, 1.54) is 0 Å². The summed E-state index contributed by atoms with van der Waals surface area (Å²) in [6.45, 7) is -0.581. The van der Waals surface area contributed by atoms with Gasteiger partial charge in [-0.15, -0.1) is 0 Å². The number of rotatable bonds is 17. The zero-order valence-corrected chi connectivity index (χ0v) is 27.8. The zero-order chi connectivity index (χ0) is 33.4. The first-order chi connectivity index (χ1) is 22.9. The SMILES string of the molecule is CSCC[C@@H](NC(=O)c1ccccc1)C(=O)OCc1nc(-c2ccccc2)oc1COC(=O)[C@@H](CCSC)NC(=O)c1ccccc1. The highest BCUT2D eigenvalue weighted by molar-refractivity contribution is 7.98. The van der Waals surface area contributed by atoms with Crippen molar-refractivity contribution in [3.63, 3.8) is 0 Å². The summed E-state index contributed by atoms with van der Waals surface area (Å²) >= 11 is 3.09. The molecule has 2 amide bonds. The van der Waals surface area contributed by atoms with Gasteiger partial charge in [-0.25, -0.2) is 14.6 Å². The number of oxazole rings is 1. The standard InChI is InChI=1S/C35H37N3O7S2/c1-46-20-18-27(36-31(39)24-12-6-3-7-13-24)34(41)43-22-29-30(45-33(38-29)26-16-10-5-11-17-26)23-44-35(42)28(19-21-47-2)37-32(40)25-14-8-4-9-15-25/h3-17,27-28H,18-23H2,1-2H3,(H,36,39)(H,37,40)/t27-,28-/m1/s1. The number of hydrogen-bond acceptors (Lipinski definition) is 10. The van der Waals surface area contributed by atoms with E-state index in [0.717, 1.165) is 0 Å². The molecule has 0 aliphatic carbocycles. The molecule has 4 rings (SSSR count). The second kappa shape index (κ2) is 18.6. The molecule has 2 atom stereocenters. The lowest BCUT2D eigenvalue weighted by Crippen LogP contribution is -2.42. The number of esters is 2. The van der Waals surface area contributed by atoms with Crippen LogP contribution < -0.4 is 10.6 Å². The molecule has 0 bridgehead atoms. The number of aromatic nitrogens is 1. The maximum absolute atomic E-state index is 13.2. The van der Waals surface area contributed by atoms with E-state index in [4.69, 9.17) is 13.9 Å². The van der Waals surface area contributed by atoms with Gasteiger partial charge in [0.1, 0.15) is 24.4 Å². The summed E-state index contributed by atoms with van der Waals surface area (Å²) in [5.41, 5.74) is 1.80. The first-order valence-corrected chi connectivity index (χ1v) is 17.7. The van der Waals surface area contributed by atoms with Gasteiger partial charge in [-0.05, 0) is 73.3 Å². The van der Waals surface area contributed by atoms with Crippen molar-refractivity contribution in [2.45, 2.75) is 38.1 Å². The van der Waals surface area contributed by atoms with Crippen LogP contribution in [-0.4, -0.2) is 64.8 Å². The van der Waals surface area contributed by atoms with E-state index in [1.54, 1.807) is 84.2 Å². The topological polar surface area (TPSA) is 137 Å². The Hall–Kier alpha value is -4.55. The number of thioether (sulfide) groups is 2. The number of carbonyl (C=O) groups excluding carboxylic acids is 4. The molecular weight excluding hydrogens is 639 g/mol. The fourth-order valence-electron chi connectivity index (χ4n) is 4.42. The highest BCUT2D eigenvalue weighted by atomic mass is 32.2. The van der Waals surface area contributed by atoms with Crippen molar-refractivity contribution in [3.8, 4) is 11.5 Å². The second-order valence-electron chi connectivity index (χ2n) is 10.3. The Labute approximate surface area is 282 Å². The van der Waals surface area contributed by atoms with Gasteiger partial charge in [0, 0.05) is 16.7 Å². The molecule has 4 aromatic rings. The van der Waals surface area contributed by atoms with Gasteiger partial charge in [0.2, 0.25) is 5.89 Å². The summed E-state index contributed by atoms with van der Waals surface area (Å²) in [5.74, 6) is -0.341. The first-order valence-electron chi connectivity index (χ1n) is 15.0. The van der Waals surface area contributed by atoms with Crippen LogP contribution in [-0.2, 0) is 32.3 Å². The van der Waals surface area contributed by atoms with Crippen LogP contribution in [0.5, 0.6) is 0 Å². The number of amides is 2. The van der Waals surface area contributed by atoms with E-state index in [-0.39, 0.29) is 42.4 Å². The highest BCUT2D eigenvalue weighted by Gasteiger charge is 2.27. The van der Waals surface area contributed by atoms with E-state index in [2.05, 4.69) is 15.6 Å². The van der Waals surface area contributed by atoms with Gasteiger partial charge in [-0.2, -0.15) is 23.5 Å². The first kappa shape index (κ1) is 35.3. The van der Waals surface area contributed by atoms with Crippen LogP contribution >= 0.6 is 23.5 Å². The van der Waals surface area contributed by atoms with Gasteiger partial charge < -0.3 is 24.5 Å². The van der Waals surface area contributed by atoms with Crippen molar-refractivity contribution < 1.29 is 33.1 Å². The molecule has 12 heteroatoms. The van der Waals surface area contributed by atoms with Crippen molar-refractivity contribution in [3.05, 3.63) is 114 Å². The summed E-state index contributed by atoms with van der Waals surface area (Å²) in [7, 11) is 0. The van der Waals surface area contributed by atoms with Crippen LogP contribution in [0.15, 0.2) is 95.4 Å². The minimum Gasteiger partial charge on any atom is -0.458 e. The Morgan fingerprint density at radius 1 is 0.681 bits per heavy atom. The molecule has 0 saturated carbocycles. The third-order valence-corrected chi connectivity index (χ3v) is 8.26. The van der Waals surface area contributed by atoms with Gasteiger partial charge in [0.05, 0.1) is 0 Å². The molecule has 47 heavy (non-hydrogen) atoms. The predicted octanol–water partition coefficient (Wildman–Crippen LogP) is 5.53. The Morgan fingerprint density at radius 3 is 1.60 bits per heavy atom. The summed E-state index contributed by atoms with van der Waals surface area (Å²) in [4.78, 5) is 56.6. The maximum Gasteiger partial charge on any atom is 0.329 e. The number of carbonyl (C=O) groups is 4. The summed E-state index contributed by atoms with van der Waals surface area (Å²) in [6, 6.07) is 24.6. The van der Waals surface area contributed by atoms with E-state index >= 15 is 0 Å².